The first-order valence-electron chi connectivity index (χ1n) is 8.47. The zero-order chi connectivity index (χ0) is 15.2. The van der Waals surface area contributed by atoms with Crippen LogP contribution in [-0.2, 0) is 0 Å². The summed E-state index contributed by atoms with van der Waals surface area (Å²) in [6.45, 7) is 12.1. The summed E-state index contributed by atoms with van der Waals surface area (Å²) < 4.78 is 0. The second kappa shape index (κ2) is 8.19. The van der Waals surface area contributed by atoms with E-state index in [4.69, 9.17) is 0 Å². The second-order valence-electron chi connectivity index (χ2n) is 7.20. The van der Waals surface area contributed by atoms with Crippen molar-refractivity contribution in [2.24, 2.45) is 5.92 Å². The molecule has 1 aliphatic carbocycles. The molecule has 0 spiro atoms. The molecule has 0 saturated heterocycles. The largest absolute Gasteiger partial charge is 0.312 e. The molecule has 1 rings (SSSR count). The van der Waals surface area contributed by atoms with Gasteiger partial charge in [0, 0.05) is 11.6 Å². The van der Waals surface area contributed by atoms with Crippen molar-refractivity contribution in [3.05, 3.63) is 12.2 Å². The lowest BCUT2D eigenvalue weighted by Crippen LogP contribution is -2.61. The molecule has 0 aromatic heterocycles. The van der Waals surface area contributed by atoms with Gasteiger partial charge in [-0.3, -0.25) is 0 Å². The molecule has 0 radical (unpaired) electrons. The summed E-state index contributed by atoms with van der Waals surface area (Å²) in [7, 11) is 4.55. The molecule has 0 aliphatic heterocycles. The molecule has 2 heteroatoms. The standard InChI is InChI=1S/C18H36N2/c1-7-13-19-17(11-10-15(2)3)18(20(5)6)12-8-9-16(4)14-18/h16-17,19H,2,7-14H2,1,3-6H3. The Bertz CT molecular complexity index is 298. The minimum absolute atomic E-state index is 0.336. The van der Waals surface area contributed by atoms with E-state index in [1.807, 2.05) is 0 Å². The number of nitrogens with zero attached hydrogens (tertiary/aromatic N) is 1. The predicted molar refractivity (Wildman–Crippen MR) is 90.2 cm³/mol. The molecule has 0 amide bonds. The average molecular weight is 280 g/mol. The lowest BCUT2D eigenvalue weighted by Gasteiger charge is -2.50. The Balaban J connectivity index is 2.87. The van der Waals surface area contributed by atoms with Crippen LogP contribution in [0.25, 0.3) is 0 Å². The van der Waals surface area contributed by atoms with Crippen LogP contribution in [0, 0.1) is 5.92 Å². The van der Waals surface area contributed by atoms with E-state index in [0.717, 1.165) is 18.9 Å². The average Bonchev–Trinajstić information content (AvgIpc) is 2.38. The maximum Gasteiger partial charge on any atom is 0.0359 e. The van der Waals surface area contributed by atoms with Gasteiger partial charge in [-0.15, -0.1) is 6.58 Å². The van der Waals surface area contributed by atoms with Crippen molar-refractivity contribution < 1.29 is 0 Å². The van der Waals surface area contributed by atoms with E-state index in [1.54, 1.807) is 0 Å². The van der Waals surface area contributed by atoms with E-state index in [2.05, 4.69) is 51.7 Å². The van der Waals surface area contributed by atoms with Crippen molar-refractivity contribution in [1.82, 2.24) is 10.2 Å². The highest BCUT2D eigenvalue weighted by molar-refractivity contribution is 5.03. The zero-order valence-electron chi connectivity index (χ0n) is 14.5. The summed E-state index contributed by atoms with van der Waals surface area (Å²) in [5.41, 5.74) is 1.65. The van der Waals surface area contributed by atoms with Gasteiger partial charge in [0.25, 0.3) is 0 Å². The number of rotatable bonds is 8. The van der Waals surface area contributed by atoms with Crippen molar-refractivity contribution in [2.45, 2.75) is 77.3 Å². The highest BCUT2D eigenvalue weighted by Gasteiger charge is 2.42. The molecule has 20 heavy (non-hydrogen) atoms. The minimum atomic E-state index is 0.336. The Hall–Kier alpha value is -0.340. The molecule has 0 bridgehead atoms. The van der Waals surface area contributed by atoms with Gasteiger partial charge < -0.3 is 10.2 Å². The van der Waals surface area contributed by atoms with E-state index in [9.17, 15) is 0 Å². The number of hydrogen-bond acceptors (Lipinski definition) is 2. The van der Waals surface area contributed by atoms with Crippen LogP contribution in [-0.4, -0.2) is 37.1 Å². The monoisotopic (exact) mass is 280 g/mol. The van der Waals surface area contributed by atoms with Crippen molar-refractivity contribution in [1.29, 1.82) is 0 Å². The van der Waals surface area contributed by atoms with E-state index in [0.29, 0.717) is 11.6 Å². The maximum absolute atomic E-state index is 4.09. The quantitative estimate of drug-likeness (QED) is 0.670. The number of likely N-dealkylation sites (N-methyl/N-ethyl adjacent to an activating group) is 1. The molecule has 0 aromatic rings. The molecular formula is C18H36N2. The van der Waals surface area contributed by atoms with Crippen LogP contribution in [0.2, 0.25) is 0 Å². The van der Waals surface area contributed by atoms with E-state index >= 15 is 0 Å². The molecule has 0 aromatic carbocycles. The van der Waals surface area contributed by atoms with Crippen molar-refractivity contribution in [2.75, 3.05) is 20.6 Å². The summed E-state index contributed by atoms with van der Waals surface area (Å²) in [6, 6.07) is 0.594. The molecule has 1 aliphatic rings. The molecule has 2 nitrogen and oxygen atoms in total. The van der Waals surface area contributed by atoms with Crippen LogP contribution < -0.4 is 5.32 Å². The van der Waals surface area contributed by atoms with E-state index < -0.39 is 0 Å². The lowest BCUT2D eigenvalue weighted by molar-refractivity contribution is 0.0344. The highest BCUT2D eigenvalue weighted by atomic mass is 15.2. The summed E-state index contributed by atoms with van der Waals surface area (Å²) in [6.07, 6.45) is 9.01. The molecule has 3 unspecified atom stereocenters. The van der Waals surface area contributed by atoms with Gasteiger partial charge in [0.1, 0.15) is 0 Å². The zero-order valence-corrected chi connectivity index (χ0v) is 14.5. The summed E-state index contributed by atoms with van der Waals surface area (Å²) in [4.78, 5) is 2.51. The fourth-order valence-electron chi connectivity index (χ4n) is 3.87. The van der Waals surface area contributed by atoms with Crippen molar-refractivity contribution >= 4 is 0 Å². The van der Waals surface area contributed by atoms with Crippen molar-refractivity contribution in [3.63, 3.8) is 0 Å². The fraction of sp³-hybridized carbons (Fsp3) is 0.889. The first kappa shape index (κ1) is 17.7. The minimum Gasteiger partial charge on any atom is -0.312 e. The Morgan fingerprint density at radius 1 is 1.45 bits per heavy atom. The summed E-state index contributed by atoms with van der Waals surface area (Å²) in [5.74, 6) is 0.849. The smallest absolute Gasteiger partial charge is 0.0359 e. The van der Waals surface area contributed by atoms with Crippen LogP contribution >= 0.6 is 0 Å². The van der Waals surface area contributed by atoms with Gasteiger partial charge in [0.2, 0.25) is 0 Å². The van der Waals surface area contributed by atoms with Gasteiger partial charge in [0.15, 0.2) is 0 Å². The lowest BCUT2D eigenvalue weighted by atomic mass is 9.70. The van der Waals surface area contributed by atoms with Gasteiger partial charge >= 0.3 is 0 Å². The van der Waals surface area contributed by atoms with Crippen LogP contribution in [0.4, 0.5) is 0 Å². The second-order valence-corrected chi connectivity index (χ2v) is 7.20. The van der Waals surface area contributed by atoms with Crippen molar-refractivity contribution in [3.8, 4) is 0 Å². The number of hydrogen-bond donors (Lipinski definition) is 1. The van der Waals surface area contributed by atoms with Gasteiger partial charge in [-0.2, -0.15) is 0 Å². The summed E-state index contributed by atoms with van der Waals surface area (Å²) >= 11 is 0. The molecule has 3 atom stereocenters. The molecule has 1 saturated carbocycles. The van der Waals surface area contributed by atoms with Crippen LogP contribution in [0.3, 0.4) is 0 Å². The first-order chi connectivity index (χ1) is 9.42. The molecular weight excluding hydrogens is 244 g/mol. The topological polar surface area (TPSA) is 15.3 Å². The number of allylic oxidation sites excluding steroid dienone is 1. The fourth-order valence-corrected chi connectivity index (χ4v) is 3.87. The molecule has 1 N–H and O–H groups in total. The third kappa shape index (κ3) is 4.60. The van der Waals surface area contributed by atoms with E-state index in [-0.39, 0.29) is 0 Å². The maximum atomic E-state index is 4.09. The number of nitrogens with one attached hydrogen (secondary N) is 1. The van der Waals surface area contributed by atoms with Crippen LogP contribution in [0.15, 0.2) is 12.2 Å². The van der Waals surface area contributed by atoms with Gasteiger partial charge in [-0.25, -0.2) is 0 Å². The van der Waals surface area contributed by atoms with Crippen LogP contribution in [0.1, 0.15) is 65.7 Å². The normalized spacial score (nSPS) is 28.6. The Morgan fingerprint density at radius 2 is 2.15 bits per heavy atom. The molecule has 1 fully saturated rings. The highest BCUT2D eigenvalue weighted by Crippen LogP contribution is 2.39. The third-order valence-electron chi connectivity index (χ3n) is 5.05. The first-order valence-corrected chi connectivity index (χ1v) is 8.47. The van der Waals surface area contributed by atoms with E-state index in [1.165, 1.54) is 44.1 Å². The Labute approximate surface area is 127 Å². The SMILES string of the molecule is C=C(C)CCC(NCCC)C1(N(C)C)CCCC(C)C1. The Kier molecular flexibility index (Phi) is 7.25. The third-order valence-corrected chi connectivity index (χ3v) is 5.05. The van der Waals surface area contributed by atoms with Gasteiger partial charge in [-0.1, -0.05) is 32.3 Å². The van der Waals surface area contributed by atoms with Crippen LogP contribution in [0.5, 0.6) is 0 Å². The molecule has 0 heterocycles. The summed E-state index contributed by atoms with van der Waals surface area (Å²) in [5, 5.41) is 3.85. The Morgan fingerprint density at radius 3 is 2.65 bits per heavy atom. The molecule has 118 valence electrons. The van der Waals surface area contributed by atoms with Gasteiger partial charge in [0.05, 0.1) is 0 Å². The predicted octanol–water partition coefficient (Wildman–Crippen LogP) is 4.22. The van der Waals surface area contributed by atoms with Gasteiger partial charge in [-0.05, 0) is 65.6 Å².